The molecule has 25 heavy (non-hydrogen) atoms. The lowest BCUT2D eigenvalue weighted by atomic mass is 10.1. The Morgan fingerprint density at radius 3 is 2.32 bits per heavy atom. The molecule has 0 fully saturated rings. The first-order valence-electron chi connectivity index (χ1n) is 8.19. The van der Waals surface area contributed by atoms with Crippen molar-refractivity contribution < 1.29 is 19.1 Å². The van der Waals surface area contributed by atoms with Gasteiger partial charge in [-0.25, -0.2) is 9.59 Å². The highest BCUT2D eigenvalue weighted by atomic mass is 16.6. The van der Waals surface area contributed by atoms with Crippen LogP contribution in [0.5, 0.6) is 5.75 Å². The molecule has 0 N–H and O–H groups in total. The summed E-state index contributed by atoms with van der Waals surface area (Å²) >= 11 is 0. The first-order valence-corrected chi connectivity index (χ1v) is 8.19. The Balaban J connectivity index is 1.70. The third-order valence-corrected chi connectivity index (χ3v) is 3.77. The van der Waals surface area contributed by atoms with Crippen LogP contribution in [-0.4, -0.2) is 22.6 Å². The molecule has 0 saturated carbocycles. The summed E-state index contributed by atoms with van der Waals surface area (Å²) in [6.07, 6.45) is -0.350. The van der Waals surface area contributed by atoms with Crippen molar-refractivity contribution in [1.82, 2.24) is 4.90 Å². The summed E-state index contributed by atoms with van der Waals surface area (Å²) in [6.45, 7) is 6.43. The Hall–Kier alpha value is -2.82. The van der Waals surface area contributed by atoms with Crippen LogP contribution in [0.25, 0.3) is 0 Å². The van der Waals surface area contributed by atoms with Crippen LogP contribution in [0.2, 0.25) is 0 Å². The minimum Gasteiger partial charge on any atom is -0.444 e. The van der Waals surface area contributed by atoms with E-state index in [1.54, 1.807) is 29.2 Å². The Kier molecular flexibility index (Phi) is 4.49. The molecule has 3 rings (SSSR count). The number of para-hydroxylation sites is 1. The van der Waals surface area contributed by atoms with E-state index in [1.165, 1.54) is 0 Å². The van der Waals surface area contributed by atoms with Gasteiger partial charge in [-0.15, -0.1) is 0 Å². The molecule has 0 spiro atoms. The molecule has 1 aliphatic rings. The molecule has 5 heteroatoms. The van der Waals surface area contributed by atoms with Crippen molar-refractivity contribution in [2.45, 2.75) is 39.5 Å². The first kappa shape index (κ1) is 17.0. The third kappa shape index (κ3) is 4.18. The third-order valence-electron chi connectivity index (χ3n) is 3.77. The normalized spacial score (nSPS) is 13.3. The molecule has 0 unspecified atom stereocenters. The maximum absolute atomic E-state index is 12.3. The number of rotatable bonds is 2. The van der Waals surface area contributed by atoms with Crippen LogP contribution >= 0.6 is 0 Å². The zero-order chi connectivity index (χ0) is 18.0. The van der Waals surface area contributed by atoms with Crippen LogP contribution in [-0.2, 0) is 17.8 Å². The summed E-state index contributed by atoms with van der Waals surface area (Å²) in [5.74, 6) is 0.0908. The summed E-state index contributed by atoms with van der Waals surface area (Å²) in [7, 11) is 0. The van der Waals surface area contributed by atoms with E-state index in [9.17, 15) is 9.59 Å². The van der Waals surface area contributed by atoms with Gasteiger partial charge >= 0.3 is 12.1 Å². The molecule has 0 saturated heterocycles. The van der Waals surface area contributed by atoms with Gasteiger partial charge in [0, 0.05) is 13.1 Å². The van der Waals surface area contributed by atoms with E-state index in [0.717, 1.165) is 11.1 Å². The number of ether oxygens (including phenoxy) is 2. The minimum absolute atomic E-state index is 0.350. The van der Waals surface area contributed by atoms with E-state index in [0.29, 0.717) is 24.4 Å². The van der Waals surface area contributed by atoms with E-state index < -0.39 is 11.6 Å². The van der Waals surface area contributed by atoms with Gasteiger partial charge in [0.1, 0.15) is 11.4 Å². The topological polar surface area (TPSA) is 55.8 Å². The molecule has 0 radical (unpaired) electrons. The number of amides is 1. The van der Waals surface area contributed by atoms with Crippen LogP contribution < -0.4 is 4.74 Å². The molecule has 1 heterocycles. The van der Waals surface area contributed by atoms with Crippen molar-refractivity contribution in [3.63, 3.8) is 0 Å². The SMILES string of the molecule is CC(C)(C)OC(=O)N1Cc2ccc(C(=O)Oc3ccccc3)cc2C1. The maximum atomic E-state index is 12.3. The van der Waals surface area contributed by atoms with Crippen molar-refractivity contribution in [1.29, 1.82) is 0 Å². The fourth-order valence-electron chi connectivity index (χ4n) is 2.63. The van der Waals surface area contributed by atoms with E-state index in [2.05, 4.69) is 0 Å². The fraction of sp³-hybridized carbons (Fsp3) is 0.300. The van der Waals surface area contributed by atoms with Crippen LogP contribution in [0.3, 0.4) is 0 Å². The van der Waals surface area contributed by atoms with Crippen molar-refractivity contribution in [2.24, 2.45) is 0 Å². The van der Waals surface area contributed by atoms with Gasteiger partial charge in [-0.3, -0.25) is 4.90 Å². The van der Waals surface area contributed by atoms with Crippen molar-refractivity contribution in [3.05, 3.63) is 65.2 Å². The van der Waals surface area contributed by atoms with Crippen LogP contribution in [0.1, 0.15) is 42.3 Å². The molecular formula is C20H21NO4. The zero-order valence-corrected chi connectivity index (χ0v) is 14.6. The average molecular weight is 339 g/mol. The molecule has 130 valence electrons. The minimum atomic E-state index is -0.531. The molecule has 0 aliphatic carbocycles. The van der Waals surface area contributed by atoms with Crippen molar-refractivity contribution in [2.75, 3.05) is 0 Å². The Morgan fingerprint density at radius 1 is 0.960 bits per heavy atom. The van der Waals surface area contributed by atoms with Crippen molar-refractivity contribution in [3.8, 4) is 5.75 Å². The number of carbonyl (C=O) groups excluding carboxylic acids is 2. The average Bonchev–Trinajstić information content (AvgIpc) is 2.97. The van der Waals surface area contributed by atoms with Gasteiger partial charge < -0.3 is 9.47 Å². The van der Waals surface area contributed by atoms with Gasteiger partial charge in [-0.05, 0) is 56.2 Å². The lowest BCUT2D eigenvalue weighted by Gasteiger charge is -2.24. The summed E-state index contributed by atoms with van der Waals surface area (Å²) in [5.41, 5.74) is 1.89. The van der Waals surface area contributed by atoms with Gasteiger partial charge in [0.05, 0.1) is 5.56 Å². The number of esters is 1. The number of nitrogens with zero attached hydrogens (tertiary/aromatic N) is 1. The highest BCUT2D eigenvalue weighted by Crippen LogP contribution is 2.26. The zero-order valence-electron chi connectivity index (χ0n) is 14.6. The molecule has 2 aromatic rings. The lowest BCUT2D eigenvalue weighted by molar-refractivity contribution is 0.0241. The second-order valence-electron chi connectivity index (χ2n) is 7.02. The van der Waals surface area contributed by atoms with E-state index >= 15 is 0 Å². The Bertz CT molecular complexity index is 793. The number of fused-ring (bicyclic) bond motifs is 1. The highest BCUT2D eigenvalue weighted by Gasteiger charge is 2.28. The molecule has 5 nitrogen and oxygen atoms in total. The van der Waals surface area contributed by atoms with Crippen LogP contribution in [0, 0.1) is 0 Å². The van der Waals surface area contributed by atoms with Gasteiger partial charge in [-0.1, -0.05) is 24.3 Å². The fourth-order valence-corrected chi connectivity index (χ4v) is 2.63. The van der Waals surface area contributed by atoms with E-state index in [4.69, 9.17) is 9.47 Å². The maximum Gasteiger partial charge on any atom is 0.410 e. The molecule has 1 amide bonds. The summed E-state index contributed by atoms with van der Waals surface area (Å²) in [4.78, 5) is 26.1. The second-order valence-corrected chi connectivity index (χ2v) is 7.02. The summed E-state index contributed by atoms with van der Waals surface area (Å²) < 4.78 is 10.8. The molecule has 0 bridgehead atoms. The standard InChI is InChI=1S/C20H21NO4/c1-20(2,3)25-19(23)21-12-15-10-9-14(11-16(15)13-21)18(22)24-17-7-5-4-6-8-17/h4-11H,12-13H2,1-3H3. The van der Waals surface area contributed by atoms with E-state index in [1.807, 2.05) is 45.0 Å². The molecule has 0 atom stereocenters. The highest BCUT2D eigenvalue weighted by molar-refractivity contribution is 5.91. The molecule has 1 aliphatic heterocycles. The van der Waals surface area contributed by atoms with E-state index in [-0.39, 0.29) is 6.09 Å². The van der Waals surface area contributed by atoms with Gasteiger partial charge in [0.2, 0.25) is 0 Å². The molecular weight excluding hydrogens is 318 g/mol. The Morgan fingerprint density at radius 2 is 1.64 bits per heavy atom. The monoisotopic (exact) mass is 339 g/mol. The second kappa shape index (κ2) is 6.59. The number of hydrogen-bond donors (Lipinski definition) is 0. The quantitative estimate of drug-likeness (QED) is 0.609. The molecule has 0 aromatic heterocycles. The Labute approximate surface area is 147 Å². The first-order chi connectivity index (χ1) is 11.8. The van der Waals surface area contributed by atoms with Crippen LogP contribution in [0.4, 0.5) is 4.79 Å². The van der Waals surface area contributed by atoms with Gasteiger partial charge in [-0.2, -0.15) is 0 Å². The number of hydrogen-bond acceptors (Lipinski definition) is 4. The van der Waals surface area contributed by atoms with Crippen molar-refractivity contribution >= 4 is 12.1 Å². The predicted octanol–water partition coefficient (Wildman–Crippen LogP) is 4.16. The summed E-state index contributed by atoms with van der Waals surface area (Å²) in [6, 6.07) is 14.3. The smallest absolute Gasteiger partial charge is 0.410 e. The number of carbonyl (C=O) groups is 2. The van der Waals surface area contributed by atoms with Crippen LogP contribution in [0.15, 0.2) is 48.5 Å². The number of benzene rings is 2. The predicted molar refractivity (Wildman–Crippen MR) is 93.3 cm³/mol. The summed E-state index contributed by atoms with van der Waals surface area (Å²) in [5, 5.41) is 0. The van der Waals surface area contributed by atoms with Gasteiger partial charge in [0.25, 0.3) is 0 Å². The molecule has 2 aromatic carbocycles. The largest absolute Gasteiger partial charge is 0.444 e. The van der Waals surface area contributed by atoms with Gasteiger partial charge in [0.15, 0.2) is 0 Å². The lowest BCUT2D eigenvalue weighted by Crippen LogP contribution is -2.33.